The van der Waals surface area contributed by atoms with E-state index in [0.717, 1.165) is 17.1 Å². The van der Waals surface area contributed by atoms with Gasteiger partial charge in [-0.1, -0.05) is 182 Å². The molecule has 0 radical (unpaired) electrons. The average molecular weight is 724 g/mol. The largest absolute Gasteiger partial charge is 0.310 e. The summed E-state index contributed by atoms with van der Waals surface area (Å²) >= 11 is 0. The Hall–Kier alpha value is -7.48. The van der Waals surface area contributed by atoms with E-state index in [1.54, 1.807) is 0 Å². The first-order valence-corrected chi connectivity index (χ1v) is 19.7. The molecule has 0 bridgehead atoms. The molecule has 0 amide bonds. The minimum absolute atomic E-state index is 1.11. The number of benzene rings is 10. The van der Waals surface area contributed by atoms with Crippen molar-refractivity contribution < 1.29 is 0 Å². The van der Waals surface area contributed by atoms with Crippen LogP contribution < -0.4 is 4.90 Å². The number of hydrogen-bond donors (Lipinski definition) is 0. The quantitative estimate of drug-likeness (QED) is 0.158. The Bertz CT molecular complexity index is 3130. The van der Waals surface area contributed by atoms with Gasteiger partial charge in [0.15, 0.2) is 0 Å². The molecule has 0 N–H and O–H groups in total. The van der Waals surface area contributed by atoms with E-state index in [0.29, 0.717) is 0 Å². The van der Waals surface area contributed by atoms with Crippen molar-refractivity contribution in [3.05, 3.63) is 223 Å². The maximum atomic E-state index is 2.41. The van der Waals surface area contributed by atoms with Crippen molar-refractivity contribution in [2.75, 3.05) is 4.90 Å². The lowest BCUT2D eigenvalue weighted by Gasteiger charge is -2.28. The van der Waals surface area contributed by atoms with Crippen LogP contribution >= 0.6 is 0 Å². The fraction of sp³-hybridized carbons (Fsp3) is 0. The maximum Gasteiger partial charge on any atom is 0.0540 e. The third kappa shape index (κ3) is 5.72. The number of rotatable bonds is 7. The summed E-state index contributed by atoms with van der Waals surface area (Å²) in [6.07, 6.45) is 4.53. The van der Waals surface area contributed by atoms with Crippen molar-refractivity contribution >= 4 is 61.5 Å². The van der Waals surface area contributed by atoms with Crippen LogP contribution in [-0.4, -0.2) is 0 Å². The average Bonchev–Trinajstić information content (AvgIpc) is 3.71. The van der Waals surface area contributed by atoms with Crippen LogP contribution in [0.4, 0.5) is 17.1 Å². The van der Waals surface area contributed by atoms with E-state index in [-0.39, 0.29) is 0 Å². The molecule has 1 aliphatic carbocycles. The van der Waals surface area contributed by atoms with E-state index in [9.17, 15) is 0 Å². The minimum Gasteiger partial charge on any atom is -0.310 e. The molecule has 1 nitrogen and oxygen atoms in total. The van der Waals surface area contributed by atoms with E-state index in [1.807, 2.05) is 0 Å². The number of anilines is 3. The fourth-order valence-electron chi connectivity index (χ4n) is 8.88. The van der Waals surface area contributed by atoms with Crippen molar-refractivity contribution in [1.82, 2.24) is 0 Å². The molecule has 57 heavy (non-hydrogen) atoms. The molecule has 11 rings (SSSR count). The summed E-state index contributed by atoms with van der Waals surface area (Å²) in [4.78, 5) is 2.41. The molecule has 0 saturated heterocycles. The molecule has 0 unspecified atom stereocenters. The Morgan fingerprint density at radius 2 is 0.807 bits per heavy atom. The van der Waals surface area contributed by atoms with E-state index in [1.165, 1.54) is 88.0 Å². The van der Waals surface area contributed by atoms with Gasteiger partial charge in [0.25, 0.3) is 0 Å². The molecule has 10 aromatic carbocycles. The van der Waals surface area contributed by atoms with Crippen LogP contribution in [0.15, 0.2) is 212 Å². The zero-order valence-electron chi connectivity index (χ0n) is 31.3. The Morgan fingerprint density at radius 3 is 1.56 bits per heavy atom. The number of hydrogen-bond acceptors (Lipinski definition) is 1. The Balaban J connectivity index is 1.07. The number of nitrogens with zero attached hydrogens (tertiary/aromatic N) is 1. The summed E-state index contributed by atoms with van der Waals surface area (Å²) in [7, 11) is 0. The molecular weight excluding hydrogens is 687 g/mol. The van der Waals surface area contributed by atoms with E-state index in [4.69, 9.17) is 0 Å². The lowest BCUT2D eigenvalue weighted by Crippen LogP contribution is -2.10. The highest BCUT2D eigenvalue weighted by atomic mass is 15.1. The third-order valence-corrected chi connectivity index (χ3v) is 11.6. The van der Waals surface area contributed by atoms with Crippen molar-refractivity contribution in [1.29, 1.82) is 0 Å². The van der Waals surface area contributed by atoms with Gasteiger partial charge in [-0.15, -0.1) is 0 Å². The summed E-state index contributed by atoms with van der Waals surface area (Å²) in [5.41, 5.74) is 15.7. The molecule has 0 saturated carbocycles. The van der Waals surface area contributed by atoms with E-state index < -0.39 is 0 Å². The lowest BCUT2D eigenvalue weighted by molar-refractivity contribution is 1.30. The molecule has 1 aliphatic rings. The summed E-state index contributed by atoms with van der Waals surface area (Å²) in [6.45, 7) is 0. The first-order chi connectivity index (χ1) is 28.3. The van der Waals surface area contributed by atoms with Gasteiger partial charge in [-0.05, 0) is 125 Å². The second kappa shape index (κ2) is 13.7. The van der Waals surface area contributed by atoms with Crippen molar-refractivity contribution in [3.8, 4) is 44.5 Å². The van der Waals surface area contributed by atoms with Crippen molar-refractivity contribution in [2.45, 2.75) is 0 Å². The second-order valence-electron chi connectivity index (χ2n) is 14.9. The van der Waals surface area contributed by atoms with Crippen LogP contribution in [0, 0.1) is 0 Å². The highest BCUT2D eigenvalue weighted by Crippen LogP contribution is 2.45. The molecule has 0 fully saturated rings. The monoisotopic (exact) mass is 723 g/mol. The van der Waals surface area contributed by atoms with Crippen LogP contribution in [0.3, 0.4) is 0 Å². The van der Waals surface area contributed by atoms with Gasteiger partial charge in [-0.25, -0.2) is 0 Å². The smallest absolute Gasteiger partial charge is 0.0540 e. The molecule has 0 heterocycles. The van der Waals surface area contributed by atoms with Crippen molar-refractivity contribution in [2.24, 2.45) is 0 Å². The van der Waals surface area contributed by atoms with Gasteiger partial charge >= 0.3 is 0 Å². The van der Waals surface area contributed by atoms with E-state index >= 15 is 0 Å². The summed E-state index contributed by atoms with van der Waals surface area (Å²) in [6, 6.07) is 77.5. The zero-order valence-corrected chi connectivity index (χ0v) is 31.3. The molecule has 0 atom stereocenters. The normalized spacial score (nSPS) is 11.8. The Labute approximate surface area is 333 Å². The molecule has 0 aliphatic heterocycles. The standard InChI is InChI=1S/C56H37N/c1-3-12-38(13-4-1)39-24-29-46(30-25-39)57(47-31-26-42(27-32-47)49-21-11-17-41-16-7-8-18-48(41)49)55-35-34-51(52-19-9-10-20-53(52)55)45-36-44-23-22-43-28-33-50(54(37-45)56(43)44)40-14-5-2-6-15-40/h1-37H. The van der Waals surface area contributed by atoms with E-state index in [2.05, 4.69) is 229 Å². The van der Waals surface area contributed by atoms with Crippen LogP contribution in [-0.2, 0) is 0 Å². The molecular formula is C56H37N. The SMILES string of the molecule is C1=Cc2cc(-c3ccc(N(c4ccc(-c5ccccc5)cc4)c4ccc(-c5cccc6ccccc56)cc4)c4ccccc34)cc3c(-c4ccccc4)ccc1c23. The molecule has 0 spiro atoms. The highest BCUT2D eigenvalue weighted by Gasteiger charge is 2.20. The van der Waals surface area contributed by atoms with Crippen LogP contribution in [0.5, 0.6) is 0 Å². The van der Waals surface area contributed by atoms with Gasteiger partial charge in [-0.2, -0.15) is 0 Å². The van der Waals surface area contributed by atoms with Gasteiger partial charge in [0.1, 0.15) is 0 Å². The van der Waals surface area contributed by atoms with Gasteiger partial charge < -0.3 is 4.90 Å². The van der Waals surface area contributed by atoms with Crippen LogP contribution in [0.2, 0.25) is 0 Å². The first kappa shape index (κ1) is 32.9. The third-order valence-electron chi connectivity index (χ3n) is 11.6. The molecule has 10 aromatic rings. The minimum atomic E-state index is 1.11. The molecule has 266 valence electrons. The maximum absolute atomic E-state index is 2.41. The predicted molar refractivity (Wildman–Crippen MR) is 244 cm³/mol. The Kier molecular flexibility index (Phi) is 7.89. The van der Waals surface area contributed by atoms with Gasteiger partial charge in [0.2, 0.25) is 0 Å². The van der Waals surface area contributed by atoms with Crippen molar-refractivity contribution in [3.63, 3.8) is 0 Å². The van der Waals surface area contributed by atoms with Gasteiger partial charge in [0, 0.05) is 16.8 Å². The fourth-order valence-corrected chi connectivity index (χ4v) is 8.88. The second-order valence-corrected chi connectivity index (χ2v) is 14.9. The number of fused-ring (bicyclic) bond motifs is 2. The topological polar surface area (TPSA) is 3.24 Å². The van der Waals surface area contributed by atoms with Crippen LogP contribution in [0.25, 0.3) is 89.0 Å². The predicted octanol–water partition coefficient (Wildman–Crippen LogP) is 15.8. The van der Waals surface area contributed by atoms with Gasteiger partial charge in [0.05, 0.1) is 5.69 Å². The lowest BCUT2D eigenvalue weighted by atomic mass is 9.89. The molecule has 1 heteroatoms. The molecule has 0 aromatic heterocycles. The first-order valence-electron chi connectivity index (χ1n) is 19.7. The zero-order chi connectivity index (χ0) is 37.7. The summed E-state index contributed by atoms with van der Waals surface area (Å²) < 4.78 is 0. The summed E-state index contributed by atoms with van der Waals surface area (Å²) in [5, 5.41) is 7.55. The summed E-state index contributed by atoms with van der Waals surface area (Å²) in [5.74, 6) is 0. The highest BCUT2D eigenvalue weighted by molar-refractivity contribution is 6.14. The van der Waals surface area contributed by atoms with Gasteiger partial charge in [-0.3, -0.25) is 0 Å². The van der Waals surface area contributed by atoms with Crippen LogP contribution in [0.1, 0.15) is 11.1 Å². The Morgan fingerprint density at radius 1 is 0.281 bits per heavy atom.